The molecule has 0 aliphatic carbocycles. The molecule has 0 saturated carbocycles. The largest absolute Gasteiger partial charge is 0.398 e. The number of nitrogen functional groups attached to an aromatic ring is 1. The van der Waals surface area contributed by atoms with Gasteiger partial charge in [-0.1, -0.05) is 42.5 Å². The van der Waals surface area contributed by atoms with E-state index in [0.717, 1.165) is 28.8 Å². The zero-order valence-corrected chi connectivity index (χ0v) is 11.5. The summed E-state index contributed by atoms with van der Waals surface area (Å²) >= 11 is 0. The van der Waals surface area contributed by atoms with E-state index in [1.165, 1.54) is 5.56 Å². The van der Waals surface area contributed by atoms with E-state index in [2.05, 4.69) is 47.3 Å². The summed E-state index contributed by atoms with van der Waals surface area (Å²) in [6.45, 7) is 0.821. The zero-order chi connectivity index (χ0) is 13.9. The first kappa shape index (κ1) is 12.5. The van der Waals surface area contributed by atoms with Crippen molar-refractivity contribution in [2.24, 2.45) is 0 Å². The molecule has 0 radical (unpaired) electrons. The number of benzene rings is 2. The van der Waals surface area contributed by atoms with Gasteiger partial charge in [0, 0.05) is 36.2 Å². The lowest BCUT2D eigenvalue weighted by Gasteiger charge is -2.20. The summed E-state index contributed by atoms with van der Waals surface area (Å²) in [6, 6.07) is 18.3. The van der Waals surface area contributed by atoms with Crippen molar-refractivity contribution < 1.29 is 0 Å². The second-order valence-electron chi connectivity index (χ2n) is 4.92. The molecule has 100 valence electrons. The molecule has 0 aliphatic heterocycles. The van der Waals surface area contributed by atoms with Crippen LogP contribution in [0.1, 0.15) is 5.56 Å². The SMILES string of the molecule is CN(Cc1ccccc1)c1nccc2c(N)cccc12. The molecule has 0 unspecified atom stereocenters. The summed E-state index contributed by atoms with van der Waals surface area (Å²) in [6.07, 6.45) is 1.82. The van der Waals surface area contributed by atoms with E-state index >= 15 is 0 Å². The summed E-state index contributed by atoms with van der Waals surface area (Å²) < 4.78 is 0. The van der Waals surface area contributed by atoms with Crippen molar-refractivity contribution in [2.75, 3.05) is 17.7 Å². The molecule has 2 aromatic carbocycles. The van der Waals surface area contributed by atoms with Crippen LogP contribution in [0.3, 0.4) is 0 Å². The minimum atomic E-state index is 0.791. The lowest BCUT2D eigenvalue weighted by molar-refractivity contribution is 0.905. The molecule has 0 spiro atoms. The average molecular weight is 263 g/mol. The summed E-state index contributed by atoms with van der Waals surface area (Å²) in [5.41, 5.74) is 8.08. The minimum Gasteiger partial charge on any atom is -0.398 e. The number of nitrogens with two attached hydrogens (primary N) is 1. The Morgan fingerprint density at radius 3 is 2.55 bits per heavy atom. The quantitative estimate of drug-likeness (QED) is 0.736. The van der Waals surface area contributed by atoms with Crippen molar-refractivity contribution in [1.29, 1.82) is 0 Å². The predicted octanol–water partition coefficient (Wildman–Crippen LogP) is 3.45. The maximum atomic E-state index is 6.03. The smallest absolute Gasteiger partial charge is 0.136 e. The maximum absolute atomic E-state index is 6.03. The van der Waals surface area contributed by atoms with Crippen LogP contribution in [0, 0.1) is 0 Å². The van der Waals surface area contributed by atoms with Crippen LogP contribution < -0.4 is 10.6 Å². The van der Waals surface area contributed by atoms with Gasteiger partial charge in [0.05, 0.1) is 0 Å². The van der Waals surface area contributed by atoms with Gasteiger partial charge in [-0.15, -0.1) is 0 Å². The molecule has 0 amide bonds. The molecule has 3 nitrogen and oxygen atoms in total. The summed E-state index contributed by atoms with van der Waals surface area (Å²) in [5, 5.41) is 2.14. The van der Waals surface area contributed by atoms with Crippen molar-refractivity contribution in [3.8, 4) is 0 Å². The second kappa shape index (κ2) is 5.21. The molecular formula is C17H17N3. The molecule has 3 heteroatoms. The van der Waals surface area contributed by atoms with E-state index in [-0.39, 0.29) is 0 Å². The minimum absolute atomic E-state index is 0.791. The fourth-order valence-electron chi connectivity index (χ4n) is 2.45. The Bertz CT molecular complexity index is 723. The Labute approximate surface area is 118 Å². The molecule has 3 aromatic rings. The van der Waals surface area contributed by atoms with Gasteiger partial charge in [0.25, 0.3) is 0 Å². The molecule has 3 rings (SSSR count). The first-order chi connectivity index (χ1) is 9.75. The number of nitrogens with zero attached hydrogens (tertiary/aromatic N) is 2. The van der Waals surface area contributed by atoms with Gasteiger partial charge in [0.1, 0.15) is 5.82 Å². The van der Waals surface area contributed by atoms with Gasteiger partial charge >= 0.3 is 0 Å². The molecule has 0 bridgehead atoms. The van der Waals surface area contributed by atoms with Crippen LogP contribution in [0.2, 0.25) is 0 Å². The Morgan fingerprint density at radius 1 is 0.950 bits per heavy atom. The van der Waals surface area contributed by atoms with Crippen LogP contribution in [-0.4, -0.2) is 12.0 Å². The third kappa shape index (κ3) is 2.30. The number of fused-ring (bicyclic) bond motifs is 1. The highest BCUT2D eigenvalue weighted by Crippen LogP contribution is 2.28. The third-order valence-electron chi connectivity index (χ3n) is 3.44. The molecule has 1 aromatic heterocycles. The number of anilines is 2. The van der Waals surface area contributed by atoms with Gasteiger partial charge in [-0.25, -0.2) is 4.98 Å². The maximum Gasteiger partial charge on any atom is 0.136 e. The highest BCUT2D eigenvalue weighted by molar-refractivity contribution is 5.99. The van der Waals surface area contributed by atoms with Crippen LogP contribution in [0.25, 0.3) is 10.8 Å². The standard InChI is InChI=1S/C17H17N3/c1-20(12-13-6-3-2-4-7-13)17-15-8-5-9-16(18)14(15)10-11-19-17/h2-11H,12,18H2,1H3. The first-order valence-electron chi connectivity index (χ1n) is 6.64. The van der Waals surface area contributed by atoms with Crippen LogP contribution in [0.4, 0.5) is 11.5 Å². The number of pyridine rings is 1. The van der Waals surface area contributed by atoms with Crippen molar-refractivity contribution in [1.82, 2.24) is 4.98 Å². The zero-order valence-electron chi connectivity index (χ0n) is 11.5. The number of hydrogen-bond donors (Lipinski definition) is 1. The Hall–Kier alpha value is -2.55. The van der Waals surface area contributed by atoms with Crippen LogP contribution in [0.5, 0.6) is 0 Å². The highest BCUT2D eigenvalue weighted by atomic mass is 15.2. The van der Waals surface area contributed by atoms with E-state index in [1.807, 2.05) is 30.5 Å². The summed E-state index contributed by atoms with van der Waals surface area (Å²) in [7, 11) is 2.05. The van der Waals surface area contributed by atoms with Gasteiger partial charge < -0.3 is 10.6 Å². The van der Waals surface area contributed by atoms with Crippen molar-refractivity contribution in [3.63, 3.8) is 0 Å². The van der Waals surface area contributed by atoms with E-state index in [4.69, 9.17) is 5.73 Å². The summed E-state index contributed by atoms with van der Waals surface area (Å²) in [5.74, 6) is 0.957. The molecule has 2 N–H and O–H groups in total. The van der Waals surface area contributed by atoms with Crippen LogP contribution >= 0.6 is 0 Å². The molecule has 1 heterocycles. The normalized spacial score (nSPS) is 10.7. The van der Waals surface area contributed by atoms with E-state index in [0.29, 0.717) is 0 Å². The Balaban J connectivity index is 2.00. The lowest BCUT2D eigenvalue weighted by Crippen LogP contribution is -2.17. The van der Waals surface area contributed by atoms with Gasteiger partial charge in [-0.2, -0.15) is 0 Å². The predicted molar refractivity (Wildman–Crippen MR) is 84.7 cm³/mol. The lowest BCUT2D eigenvalue weighted by atomic mass is 10.1. The molecule has 20 heavy (non-hydrogen) atoms. The fourth-order valence-corrected chi connectivity index (χ4v) is 2.45. The first-order valence-corrected chi connectivity index (χ1v) is 6.64. The van der Waals surface area contributed by atoms with E-state index < -0.39 is 0 Å². The fraction of sp³-hybridized carbons (Fsp3) is 0.118. The monoisotopic (exact) mass is 263 g/mol. The van der Waals surface area contributed by atoms with Crippen LogP contribution in [0.15, 0.2) is 60.8 Å². The Morgan fingerprint density at radius 2 is 1.75 bits per heavy atom. The number of rotatable bonds is 3. The molecule has 0 aliphatic rings. The van der Waals surface area contributed by atoms with Gasteiger partial charge in [0.15, 0.2) is 0 Å². The third-order valence-corrected chi connectivity index (χ3v) is 3.44. The average Bonchev–Trinajstić information content (AvgIpc) is 2.48. The second-order valence-corrected chi connectivity index (χ2v) is 4.92. The Kier molecular flexibility index (Phi) is 3.25. The summed E-state index contributed by atoms with van der Waals surface area (Å²) in [4.78, 5) is 6.66. The van der Waals surface area contributed by atoms with Crippen LogP contribution in [-0.2, 0) is 6.54 Å². The number of aromatic nitrogens is 1. The molecule has 0 saturated heterocycles. The van der Waals surface area contributed by atoms with E-state index in [9.17, 15) is 0 Å². The van der Waals surface area contributed by atoms with Gasteiger partial charge in [-0.05, 0) is 17.7 Å². The van der Waals surface area contributed by atoms with E-state index in [1.54, 1.807) is 0 Å². The van der Waals surface area contributed by atoms with Gasteiger partial charge in [-0.3, -0.25) is 0 Å². The van der Waals surface area contributed by atoms with Crippen molar-refractivity contribution >= 4 is 22.3 Å². The highest BCUT2D eigenvalue weighted by Gasteiger charge is 2.09. The number of hydrogen-bond acceptors (Lipinski definition) is 3. The molecule has 0 atom stereocenters. The van der Waals surface area contributed by atoms with Crippen molar-refractivity contribution in [3.05, 3.63) is 66.4 Å². The molecule has 0 fully saturated rings. The van der Waals surface area contributed by atoms with Crippen molar-refractivity contribution in [2.45, 2.75) is 6.54 Å². The molecular weight excluding hydrogens is 246 g/mol. The van der Waals surface area contributed by atoms with Gasteiger partial charge in [0.2, 0.25) is 0 Å². The topological polar surface area (TPSA) is 42.2 Å².